The van der Waals surface area contributed by atoms with Crippen LogP contribution in [0.25, 0.3) is 11.4 Å². The Hall–Kier alpha value is -3.46. The molecule has 4 N–H and O–H groups in total. The molecular formula is C23H24F2N6O. The van der Waals surface area contributed by atoms with E-state index in [9.17, 15) is 13.6 Å². The molecule has 4 rings (SSSR count). The molecule has 0 spiro atoms. The van der Waals surface area contributed by atoms with Gasteiger partial charge in [0.15, 0.2) is 11.6 Å². The molecule has 2 aromatic heterocycles. The Kier molecular flexibility index (Phi) is 5.84. The Bertz CT molecular complexity index is 1150. The minimum absolute atomic E-state index is 0.0264. The standard InChI is InChI=1S/C23H24F2N6O/c1-23(27)7-3-9-31(13-23)18-6-8-28-11-14(18)10-19(32)21-17(26)12-29-22(30-21)20-15(24)4-2-5-16(20)25/h2,4-6,8,11-12H,3,7,9-10,13,26-27H2,1H3. The number of halogens is 2. The summed E-state index contributed by atoms with van der Waals surface area (Å²) in [4.78, 5) is 27.5. The van der Waals surface area contributed by atoms with E-state index in [2.05, 4.69) is 19.9 Å². The van der Waals surface area contributed by atoms with E-state index >= 15 is 0 Å². The zero-order valence-electron chi connectivity index (χ0n) is 17.7. The quantitative estimate of drug-likeness (QED) is 0.589. The fourth-order valence-corrected chi connectivity index (χ4v) is 4.04. The van der Waals surface area contributed by atoms with Crippen LogP contribution in [0.2, 0.25) is 0 Å². The second-order valence-corrected chi connectivity index (χ2v) is 8.38. The number of nitrogen functional groups attached to an aromatic ring is 1. The lowest BCUT2D eigenvalue weighted by atomic mass is 9.91. The third kappa shape index (κ3) is 4.43. The van der Waals surface area contributed by atoms with Crippen LogP contribution >= 0.6 is 0 Å². The summed E-state index contributed by atoms with van der Waals surface area (Å²) in [6.45, 7) is 3.49. The van der Waals surface area contributed by atoms with Crippen LogP contribution in [-0.4, -0.2) is 39.4 Å². The van der Waals surface area contributed by atoms with E-state index in [0.29, 0.717) is 12.1 Å². The van der Waals surface area contributed by atoms with Crippen LogP contribution < -0.4 is 16.4 Å². The zero-order chi connectivity index (χ0) is 22.9. The topological polar surface area (TPSA) is 111 Å². The summed E-state index contributed by atoms with van der Waals surface area (Å²) in [5.41, 5.74) is 13.1. The Morgan fingerprint density at radius 2 is 1.97 bits per heavy atom. The van der Waals surface area contributed by atoms with Gasteiger partial charge in [-0.1, -0.05) is 6.07 Å². The number of Topliss-reactive ketones (excluding diaryl/α,β-unsaturated/α-hetero) is 1. The fourth-order valence-electron chi connectivity index (χ4n) is 4.04. The van der Waals surface area contributed by atoms with Crippen LogP contribution in [0.3, 0.4) is 0 Å². The van der Waals surface area contributed by atoms with Crippen molar-refractivity contribution in [2.45, 2.75) is 31.7 Å². The first-order chi connectivity index (χ1) is 15.2. The molecule has 0 radical (unpaired) electrons. The largest absolute Gasteiger partial charge is 0.396 e. The van der Waals surface area contributed by atoms with Crippen molar-refractivity contribution in [3.05, 3.63) is 65.7 Å². The summed E-state index contributed by atoms with van der Waals surface area (Å²) < 4.78 is 28.4. The fraction of sp³-hybridized carbons (Fsp3) is 0.304. The average Bonchev–Trinajstić information content (AvgIpc) is 2.74. The number of rotatable bonds is 5. The molecule has 0 amide bonds. The van der Waals surface area contributed by atoms with Gasteiger partial charge in [0.2, 0.25) is 0 Å². The van der Waals surface area contributed by atoms with Crippen LogP contribution in [0.15, 0.2) is 42.9 Å². The number of hydrogen-bond acceptors (Lipinski definition) is 7. The summed E-state index contributed by atoms with van der Waals surface area (Å²) >= 11 is 0. The van der Waals surface area contributed by atoms with Crippen molar-refractivity contribution in [1.29, 1.82) is 0 Å². The number of nitrogens with zero attached hydrogens (tertiary/aromatic N) is 4. The lowest BCUT2D eigenvalue weighted by molar-refractivity contribution is 0.0989. The van der Waals surface area contributed by atoms with Crippen molar-refractivity contribution in [3.8, 4) is 11.4 Å². The van der Waals surface area contributed by atoms with Gasteiger partial charge in [-0.3, -0.25) is 9.78 Å². The van der Waals surface area contributed by atoms with Crippen LogP contribution in [0.5, 0.6) is 0 Å². The van der Waals surface area contributed by atoms with E-state index in [1.54, 1.807) is 12.4 Å². The highest BCUT2D eigenvalue weighted by molar-refractivity contribution is 6.00. The summed E-state index contributed by atoms with van der Waals surface area (Å²) in [7, 11) is 0. The predicted molar refractivity (Wildman–Crippen MR) is 118 cm³/mol. The summed E-state index contributed by atoms with van der Waals surface area (Å²) in [5.74, 6) is -2.28. The number of aromatic nitrogens is 3. The SMILES string of the molecule is CC1(N)CCCN(c2ccncc2CC(=O)c2nc(-c3c(F)cccc3F)ncc2N)C1. The monoisotopic (exact) mass is 438 g/mol. The van der Waals surface area contributed by atoms with Gasteiger partial charge in [-0.2, -0.15) is 0 Å². The molecule has 166 valence electrons. The summed E-state index contributed by atoms with van der Waals surface area (Å²) in [6, 6.07) is 5.30. The molecular weight excluding hydrogens is 414 g/mol. The van der Waals surface area contributed by atoms with Gasteiger partial charge in [-0.25, -0.2) is 18.7 Å². The minimum atomic E-state index is -0.822. The van der Waals surface area contributed by atoms with E-state index in [1.807, 2.05) is 13.0 Å². The van der Waals surface area contributed by atoms with Crippen molar-refractivity contribution in [1.82, 2.24) is 15.0 Å². The van der Waals surface area contributed by atoms with Crippen LogP contribution in [0, 0.1) is 11.6 Å². The van der Waals surface area contributed by atoms with Gasteiger partial charge in [0.25, 0.3) is 0 Å². The Morgan fingerprint density at radius 1 is 1.22 bits per heavy atom. The number of carbonyl (C=O) groups excluding carboxylic acids is 1. The number of piperidine rings is 1. The number of ketones is 1. The van der Waals surface area contributed by atoms with Gasteiger partial charge in [0.05, 0.1) is 17.4 Å². The number of anilines is 2. The molecule has 1 saturated heterocycles. The van der Waals surface area contributed by atoms with Crippen molar-refractivity contribution >= 4 is 17.2 Å². The van der Waals surface area contributed by atoms with E-state index < -0.39 is 23.0 Å². The smallest absolute Gasteiger partial charge is 0.187 e. The molecule has 0 aliphatic carbocycles. The lowest BCUT2D eigenvalue weighted by Gasteiger charge is -2.39. The van der Waals surface area contributed by atoms with Gasteiger partial charge in [0.1, 0.15) is 17.3 Å². The number of nitrogens with two attached hydrogens (primary N) is 2. The van der Waals surface area contributed by atoms with Crippen LogP contribution in [0.4, 0.5) is 20.2 Å². The van der Waals surface area contributed by atoms with Crippen molar-refractivity contribution in [3.63, 3.8) is 0 Å². The summed E-state index contributed by atoms with van der Waals surface area (Å²) in [6.07, 6.45) is 6.33. The molecule has 9 heteroatoms. The maximum absolute atomic E-state index is 14.2. The molecule has 1 unspecified atom stereocenters. The van der Waals surface area contributed by atoms with Gasteiger partial charge in [0, 0.05) is 48.7 Å². The van der Waals surface area contributed by atoms with Crippen LogP contribution in [-0.2, 0) is 6.42 Å². The first-order valence-corrected chi connectivity index (χ1v) is 10.3. The molecule has 32 heavy (non-hydrogen) atoms. The number of hydrogen-bond donors (Lipinski definition) is 2. The van der Waals surface area contributed by atoms with E-state index in [4.69, 9.17) is 11.5 Å². The predicted octanol–water partition coefficient (Wildman–Crippen LogP) is 3.14. The highest BCUT2D eigenvalue weighted by Gasteiger charge is 2.28. The number of pyridine rings is 1. The molecule has 1 aliphatic rings. The average molecular weight is 438 g/mol. The molecule has 0 bridgehead atoms. The third-order valence-corrected chi connectivity index (χ3v) is 5.57. The maximum Gasteiger partial charge on any atom is 0.187 e. The maximum atomic E-state index is 14.2. The minimum Gasteiger partial charge on any atom is -0.396 e. The van der Waals surface area contributed by atoms with Crippen molar-refractivity contribution < 1.29 is 13.6 Å². The Morgan fingerprint density at radius 3 is 2.69 bits per heavy atom. The molecule has 1 atom stereocenters. The molecule has 7 nitrogen and oxygen atoms in total. The van der Waals surface area contributed by atoms with Gasteiger partial charge in [-0.05, 0) is 38.0 Å². The number of benzene rings is 1. The van der Waals surface area contributed by atoms with Crippen molar-refractivity contribution in [2.75, 3.05) is 23.7 Å². The summed E-state index contributed by atoms with van der Waals surface area (Å²) in [5, 5.41) is 0. The molecule has 1 fully saturated rings. The third-order valence-electron chi connectivity index (χ3n) is 5.57. The van der Waals surface area contributed by atoms with E-state index in [0.717, 1.165) is 37.2 Å². The molecule has 0 saturated carbocycles. The Balaban J connectivity index is 1.65. The molecule has 3 aromatic rings. The highest BCUT2D eigenvalue weighted by Crippen LogP contribution is 2.29. The molecule has 3 heterocycles. The molecule has 1 aromatic carbocycles. The first kappa shape index (κ1) is 21.8. The second-order valence-electron chi connectivity index (χ2n) is 8.38. The Labute approximate surface area is 184 Å². The number of carbonyl (C=O) groups is 1. The van der Waals surface area contributed by atoms with Gasteiger partial charge in [-0.15, -0.1) is 0 Å². The molecule has 1 aliphatic heterocycles. The van der Waals surface area contributed by atoms with E-state index in [-0.39, 0.29) is 29.2 Å². The lowest BCUT2D eigenvalue weighted by Crippen LogP contribution is -2.52. The first-order valence-electron chi connectivity index (χ1n) is 10.3. The van der Waals surface area contributed by atoms with Crippen LogP contribution in [0.1, 0.15) is 35.8 Å². The van der Waals surface area contributed by atoms with E-state index in [1.165, 1.54) is 12.3 Å². The zero-order valence-corrected chi connectivity index (χ0v) is 17.7. The van der Waals surface area contributed by atoms with Gasteiger partial charge < -0.3 is 16.4 Å². The second kappa shape index (κ2) is 8.58. The van der Waals surface area contributed by atoms with Gasteiger partial charge >= 0.3 is 0 Å². The highest BCUT2D eigenvalue weighted by atomic mass is 19.1. The normalized spacial score (nSPS) is 18.6. The van der Waals surface area contributed by atoms with Crippen molar-refractivity contribution in [2.24, 2.45) is 5.73 Å².